The average molecular weight is 482 g/mol. The Hall–Kier alpha value is -2.36. The molecule has 0 spiro atoms. The van der Waals surface area contributed by atoms with Crippen molar-refractivity contribution in [2.24, 2.45) is 0 Å². The number of alkyl halides is 3. The summed E-state index contributed by atoms with van der Waals surface area (Å²) in [4.78, 5) is 15.7. The number of nitrogens with zero attached hydrogens (tertiary/aromatic N) is 1. The zero-order chi connectivity index (χ0) is 23.4. The molecular weight excluding hydrogens is 459 g/mol. The average Bonchev–Trinajstić information content (AvgIpc) is 3.17. The standard InChI is InChI=1S/C23H22F3NO3S2/c1-22(2,20(28)29)32-21-27-19(14-31-21)11-12-30-13-15-3-5-16(6-4-15)17-7-9-18(10-8-17)23(24,25)26/h3-10,14H,11-13H2,1-2H3,(H,28,29). The molecule has 1 aromatic heterocycles. The van der Waals surface area contributed by atoms with Crippen molar-refractivity contribution in [2.45, 2.75) is 42.1 Å². The van der Waals surface area contributed by atoms with Crippen LogP contribution in [0.2, 0.25) is 0 Å². The Morgan fingerprint density at radius 1 is 1.06 bits per heavy atom. The van der Waals surface area contributed by atoms with Crippen LogP contribution in [0.4, 0.5) is 13.2 Å². The maximum Gasteiger partial charge on any atom is 0.416 e. The number of thiazole rings is 1. The van der Waals surface area contributed by atoms with Crippen LogP contribution in [-0.2, 0) is 28.7 Å². The number of aliphatic carboxylic acids is 1. The summed E-state index contributed by atoms with van der Waals surface area (Å²) in [6.45, 7) is 4.17. The van der Waals surface area contributed by atoms with Crippen LogP contribution < -0.4 is 0 Å². The van der Waals surface area contributed by atoms with Crippen LogP contribution in [0, 0.1) is 0 Å². The quantitative estimate of drug-likeness (QED) is 0.278. The van der Waals surface area contributed by atoms with Gasteiger partial charge in [-0.2, -0.15) is 13.2 Å². The number of thioether (sulfide) groups is 1. The summed E-state index contributed by atoms with van der Waals surface area (Å²) < 4.78 is 43.6. The molecule has 0 aliphatic carbocycles. The van der Waals surface area contributed by atoms with Crippen LogP contribution in [-0.4, -0.2) is 27.4 Å². The number of hydrogen-bond donors (Lipinski definition) is 1. The topological polar surface area (TPSA) is 59.4 Å². The third-order valence-corrected chi connectivity index (χ3v) is 6.83. The van der Waals surface area contributed by atoms with E-state index in [1.54, 1.807) is 13.8 Å². The SMILES string of the molecule is CC(C)(Sc1nc(CCOCc2ccc(-c3ccc(C(F)(F)F)cc3)cc2)cs1)C(=O)O. The molecule has 0 atom stereocenters. The molecule has 0 aliphatic heterocycles. The molecule has 0 aliphatic rings. The summed E-state index contributed by atoms with van der Waals surface area (Å²) in [7, 11) is 0. The van der Waals surface area contributed by atoms with Crippen molar-refractivity contribution in [3.8, 4) is 11.1 Å². The van der Waals surface area contributed by atoms with Gasteiger partial charge in [-0.1, -0.05) is 48.2 Å². The van der Waals surface area contributed by atoms with E-state index in [1.165, 1.54) is 35.2 Å². The number of carboxylic acid groups (broad SMARTS) is 1. The lowest BCUT2D eigenvalue weighted by Crippen LogP contribution is -2.26. The van der Waals surface area contributed by atoms with Gasteiger partial charge in [0.25, 0.3) is 0 Å². The Labute approximate surface area is 192 Å². The van der Waals surface area contributed by atoms with Crippen LogP contribution in [0.3, 0.4) is 0 Å². The molecular formula is C23H22F3NO3S2. The number of benzene rings is 2. The van der Waals surface area contributed by atoms with E-state index in [2.05, 4.69) is 4.98 Å². The minimum absolute atomic E-state index is 0.408. The highest BCUT2D eigenvalue weighted by Gasteiger charge is 2.30. The number of carboxylic acids is 1. The van der Waals surface area contributed by atoms with Crippen molar-refractivity contribution in [1.82, 2.24) is 4.98 Å². The monoisotopic (exact) mass is 481 g/mol. The maximum absolute atomic E-state index is 12.7. The first kappa shape index (κ1) is 24.3. The molecule has 1 heterocycles. The molecule has 170 valence electrons. The van der Waals surface area contributed by atoms with Crippen LogP contribution in [0.25, 0.3) is 11.1 Å². The Balaban J connectivity index is 1.47. The minimum Gasteiger partial charge on any atom is -0.480 e. The van der Waals surface area contributed by atoms with Crippen molar-refractivity contribution in [3.05, 3.63) is 70.7 Å². The van der Waals surface area contributed by atoms with Gasteiger partial charge in [0.2, 0.25) is 0 Å². The van der Waals surface area contributed by atoms with Crippen molar-refractivity contribution < 1.29 is 27.8 Å². The summed E-state index contributed by atoms with van der Waals surface area (Å²) in [5.41, 5.74) is 2.70. The van der Waals surface area contributed by atoms with E-state index in [0.29, 0.717) is 29.5 Å². The fourth-order valence-electron chi connectivity index (χ4n) is 2.72. The van der Waals surface area contributed by atoms with Crippen LogP contribution >= 0.6 is 23.1 Å². The number of rotatable bonds is 9. The molecule has 0 amide bonds. The number of halogens is 3. The zero-order valence-corrected chi connectivity index (χ0v) is 19.1. The summed E-state index contributed by atoms with van der Waals surface area (Å²) in [5, 5.41) is 11.1. The largest absolute Gasteiger partial charge is 0.480 e. The second-order valence-corrected chi connectivity index (χ2v) is 10.3. The molecule has 0 fully saturated rings. The van der Waals surface area contributed by atoms with Gasteiger partial charge >= 0.3 is 12.1 Å². The van der Waals surface area contributed by atoms with E-state index < -0.39 is 22.5 Å². The molecule has 3 aromatic rings. The fraction of sp³-hybridized carbons (Fsp3) is 0.304. The first-order valence-corrected chi connectivity index (χ1v) is 11.5. The molecule has 4 nitrogen and oxygen atoms in total. The van der Waals surface area contributed by atoms with E-state index in [-0.39, 0.29) is 0 Å². The lowest BCUT2D eigenvalue weighted by Gasteiger charge is -2.15. The summed E-state index contributed by atoms with van der Waals surface area (Å²) >= 11 is 2.64. The predicted molar refractivity (Wildman–Crippen MR) is 120 cm³/mol. The molecule has 0 bridgehead atoms. The van der Waals surface area contributed by atoms with Crippen molar-refractivity contribution in [2.75, 3.05) is 6.61 Å². The molecule has 0 unspecified atom stereocenters. The van der Waals surface area contributed by atoms with Crippen LogP contribution in [0.1, 0.15) is 30.7 Å². The summed E-state index contributed by atoms with van der Waals surface area (Å²) in [5.74, 6) is -0.882. The minimum atomic E-state index is -4.34. The summed E-state index contributed by atoms with van der Waals surface area (Å²) in [6.07, 6.45) is -3.72. The van der Waals surface area contributed by atoms with Gasteiger partial charge in [-0.3, -0.25) is 4.79 Å². The smallest absolute Gasteiger partial charge is 0.416 e. The van der Waals surface area contributed by atoms with Gasteiger partial charge in [-0.05, 0) is 42.7 Å². The third-order valence-electron chi connectivity index (χ3n) is 4.66. The Morgan fingerprint density at radius 2 is 1.66 bits per heavy atom. The Bertz CT molecular complexity index is 1050. The van der Waals surface area contributed by atoms with E-state index in [4.69, 9.17) is 4.74 Å². The van der Waals surface area contributed by atoms with Crippen LogP contribution in [0.5, 0.6) is 0 Å². The number of carbonyl (C=O) groups is 1. The van der Waals surface area contributed by atoms with Crippen molar-refractivity contribution >= 4 is 29.1 Å². The molecule has 0 radical (unpaired) electrons. The third kappa shape index (κ3) is 6.57. The number of hydrogen-bond acceptors (Lipinski definition) is 5. The molecule has 2 aromatic carbocycles. The van der Waals surface area contributed by atoms with Crippen molar-refractivity contribution in [1.29, 1.82) is 0 Å². The van der Waals surface area contributed by atoms with E-state index >= 15 is 0 Å². The first-order chi connectivity index (χ1) is 15.0. The van der Waals surface area contributed by atoms with Crippen LogP contribution in [0.15, 0.2) is 58.3 Å². The van der Waals surface area contributed by atoms with Gasteiger partial charge in [0, 0.05) is 11.8 Å². The Morgan fingerprint density at radius 3 is 2.22 bits per heavy atom. The Kier molecular flexibility index (Phi) is 7.63. The predicted octanol–water partition coefficient (Wildman–Crippen LogP) is 6.54. The zero-order valence-electron chi connectivity index (χ0n) is 17.5. The van der Waals surface area contributed by atoms with Gasteiger partial charge in [-0.15, -0.1) is 11.3 Å². The second-order valence-electron chi connectivity index (χ2n) is 7.60. The molecule has 9 heteroatoms. The summed E-state index contributed by atoms with van der Waals surface area (Å²) in [6, 6.07) is 12.6. The first-order valence-electron chi connectivity index (χ1n) is 9.76. The molecule has 0 saturated heterocycles. The van der Waals surface area contributed by atoms with Gasteiger partial charge < -0.3 is 9.84 Å². The van der Waals surface area contributed by atoms with E-state index in [1.807, 2.05) is 29.6 Å². The molecule has 0 saturated carbocycles. The molecule has 3 rings (SSSR count). The van der Waals surface area contributed by atoms with Gasteiger partial charge in [0.1, 0.15) is 4.75 Å². The highest BCUT2D eigenvalue weighted by Crippen LogP contribution is 2.35. The van der Waals surface area contributed by atoms with Crippen molar-refractivity contribution in [3.63, 3.8) is 0 Å². The molecule has 1 N–H and O–H groups in total. The van der Waals surface area contributed by atoms with Gasteiger partial charge in [0.15, 0.2) is 4.34 Å². The highest BCUT2D eigenvalue weighted by molar-refractivity contribution is 8.02. The van der Waals surface area contributed by atoms with Gasteiger partial charge in [0.05, 0.1) is 24.5 Å². The normalized spacial score (nSPS) is 12.2. The maximum atomic E-state index is 12.7. The molecule has 32 heavy (non-hydrogen) atoms. The lowest BCUT2D eigenvalue weighted by molar-refractivity contribution is -0.139. The lowest BCUT2D eigenvalue weighted by atomic mass is 10.0. The second kappa shape index (κ2) is 10.1. The highest BCUT2D eigenvalue weighted by atomic mass is 32.2. The number of aromatic nitrogens is 1. The van der Waals surface area contributed by atoms with Gasteiger partial charge in [-0.25, -0.2) is 4.98 Å². The van der Waals surface area contributed by atoms with E-state index in [9.17, 15) is 23.1 Å². The van der Waals surface area contributed by atoms with E-state index in [0.717, 1.165) is 29.0 Å². The fourth-order valence-corrected chi connectivity index (χ4v) is 4.95. The number of ether oxygens (including phenoxy) is 1.